The summed E-state index contributed by atoms with van der Waals surface area (Å²) in [5.74, 6) is 0. The molecule has 0 fully saturated rings. The summed E-state index contributed by atoms with van der Waals surface area (Å²) in [6.07, 6.45) is 2.52. The number of hydrogen-bond donors (Lipinski definition) is 0. The lowest BCUT2D eigenvalue weighted by Gasteiger charge is -2.20. The van der Waals surface area contributed by atoms with Gasteiger partial charge in [0.2, 0.25) is 0 Å². The maximum atomic E-state index is 12.3. The second-order valence-corrected chi connectivity index (χ2v) is 6.70. The number of nitrogens with zero attached hydrogens (tertiary/aromatic N) is 2. The van der Waals surface area contributed by atoms with Crippen LogP contribution in [0.15, 0.2) is 91.0 Å². The first-order valence-corrected chi connectivity index (χ1v) is 9.41. The Kier molecular flexibility index (Phi) is 7.19. The van der Waals surface area contributed by atoms with E-state index in [0.29, 0.717) is 13.1 Å². The van der Waals surface area contributed by atoms with E-state index in [0.717, 1.165) is 24.2 Å². The Bertz CT molecular complexity index is 775. The van der Waals surface area contributed by atoms with Crippen molar-refractivity contribution < 1.29 is 4.74 Å². The van der Waals surface area contributed by atoms with Gasteiger partial charge in [-0.15, -0.1) is 0 Å². The Labute approximate surface area is 161 Å². The maximum absolute atomic E-state index is 12.3. The predicted molar refractivity (Wildman–Crippen MR) is 112 cm³/mol. The molecular formula is C24H26N2O. The summed E-state index contributed by atoms with van der Waals surface area (Å²) < 4.78 is 1.07. The Morgan fingerprint density at radius 1 is 0.667 bits per heavy atom. The van der Waals surface area contributed by atoms with Gasteiger partial charge in [0, 0.05) is 19.5 Å². The van der Waals surface area contributed by atoms with Gasteiger partial charge in [-0.3, -0.25) is 4.90 Å². The van der Waals surface area contributed by atoms with E-state index >= 15 is 0 Å². The minimum absolute atomic E-state index is 0.481. The van der Waals surface area contributed by atoms with Gasteiger partial charge in [0.25, 0.3) is 0 Å². The van der Waals surface area contributed by atoms with Gasteiger partial charge >= 0.3 is 0 Å². The van der Waals surface area contributed by atoms with Crippen LogP contribution in [-0.4, -0.2) is 28.9 Å². The summed E-state index contributed by atoms with van der Waals surface area (Å²) >= 11 is 0. The van der Waals surface area contributed by atoms with Crippen molar-refractivity contribution in [1.29, 1.82) is 0 Å². The highest BCUT2D eigenvalue weighted by atomic mass is 16.5. The fourth-order valence-electron chi connectivity index (χ4n) is 3.05. The average Bonchev–Trinajstić information content (AvgIpc) is 2.73. The lowest BCUT2D eigenvalue weighted by Crippen LogP contribution is -2.27. The zero-order valence-corrected chi connectivity index (χ0v) is 15.6. The number of rotatable bonds is 9. The van der Waals surface area contributed by atoms with Crippen molar-refractivity contribution in [1.82, 2.24) is 4.90 Å². The van der Waals surface area contributed by atoms with Crippen LogP contribution in [0.25, 0.3) is 0 Å². The molecule has 0 amide bonds. The van der Waals surface area contributed by atoms with Gasteiger partial charge in [-0.1, -0.05) is 91.0 Å². The Morgan fingerprint density at radius 2 is 1.11 bits per heavy atom. The van der Waals surface area contributed by atoms with Crippen LogP contribution < -0.4 is 0 Å². The molecule has 0 aromatic heterocycles. The van der Waals surface area contributed by atoms with Crippen molar-refractivity contribution in [2.75, 3.05) is 13.1 Å². The summed E-state index contributed by atoms with van der Waals surface area (Å²) in [5.41, 5.74) is 3.70. The molecule has 0 aliphatic rings. The van der Waals surface area contributed by atoms with Crippen LogP contribution in [0, 0.1) is 5.21 Å². The first-order chi connectivity index (χ1) is 13.3. The van der Waals surface area contributed by atoms with Gasteiger partial charge in [0.1, 0.15) is 0 Å². The van der Waals surface area contributed by atoms with Gasteiger partial charge in [0.05, 0.1) is 6.54 Å². The molecule has 3 aromatic rings. The van der Waals surface area contributed by atoms with E-state index in [1.165, 1.54) is 16.7 Å². The van der Waals surface area contributed by atoms with Crippen molar-refractivity contribution in [2.24, 2.45) is 0 Å². The van der Waals surface area contributed by atoms with Crippen molar-refractivity contribution in [3.8, 4) is 0 Å². The van der Waals surface area contributed by atoms with Gasteiger partial charge in [0.15, 0.2) is 12.8 Å². The van der Waals surface area contributed by atoms with Crippen LogP contribution in [0.5, 0.6) is 0 Å². The van der Waals surface area contributed by atoms with E-state index in [9.17, 15) is 5.21 Å². The lowest BCUT2D eigenvalue weighted by atomic mass is 10.1. The van der Waals surface area contributed by atoms with E-state index < -0.39 is 0 Å². The SMILES string of the molecule is [O-]/[N+](=C\CN(Cc1ccccc1)Cc1ccccc1)CCc1ccccc1. The molecule has 0 N–H and O–H groups in total. The molecule has 27 heavy (non-hydrogen) atoms. The van der Waals surface area contributed by atoms with E-state index in [4.69, 9.17) is 0 Å². The minimum Gasteiger partial charge on any atom is -0.624 e. The third kappa shape index (κ3) is 6.72. The fourth-order valence-corrected chi connectivity index (χ4v) is 3.05. The van der Waals surface area contributed by atoms with Gasteiger partial charge < -0.3 is 5.21 Å². The van der Waals surface area contributed by atoms with E-state index in [1.54, 1.807) is 6.21 Å². The molecule has 3 heteroatoms. The number of hydroxylamine groups is 1. The predicted octanol–water partition coefficient (Wildman–Crippen LogP) is 4.51. The van der Waals surface area contributed by atoms with Gasteiger partial charge in [-0.25, -0.2) is 4.74 Å². The Balaban J connectivity index is 1.61. The lowest BCUT2D eigenvalue weighted by molar-refractivity contribution is -0.453. The van der Waals surface area contributed by atoms with Crippen molar-refractivity contribution >= 4 is 6.21 Å². The molecular weight excluding hydrogens is 332 g/mol. The van der Waals surface area contributed by atoms with Crippen LogP contribution in [-0.2, 0) is 19.5 Å². The molecule has 0 unspecified atom stereocenters. The molecule has 0 saturated heterocycles. The number of hydrogen-bond acceptors (Lipinski definition) is 2. The van der Waals surface area contributed by atoms with Crippen LogP contribution in [0.1, 0.15) is 16.7 Å². The van der Waals surface area contributed by atoms with E-state index in [2.05, 4.69) is 65.6 Å². The Morgan fingerprint density at radius 3 is 1.59 bits per heavy atom. The summed E-state index contributed by atoms with van der Waals surface area (Å²) in [4.78, 5) is 2.29. The maximum Gasteiger partial charge on any atom is 0.165 e. The van der Waals surface area contributed by atoms with Crippen LogP contribution in [0.2, 0.25) is 0 Å². The highest BCUT2D eigenvalue weighted by molar-refractivity contribution is 5.54. The summed E-state index contributed by atoms with van der Waals surface area (Å²) in [5, 5.41) is 12.3. The number of benzene rings is 3. The molecule has 0 spiro atoms. The minimum atomic E-state index is 0.481. The largest absolute Gasteiger partial charge is 0.624 e. The van der Waals surface area contributed by atoms with Crippen molar-refractivity contribution in [3.63, 3.8) is 0 Å². The Hall–Kier alpha value is -2.91. The molecule has 3 aromatic carbocycles. The molecule has 0 aliphatic carbocycles. The van der Waals surface area contributed by atoms with Crippen molar-refractivity contribution in [3.05, 3.63) is 113 Å². The zero-order valence-electron chi connectivity index (χ0n) is 15.6. The third-order valence-corrected chi connectivity index (χ3v) is 4.51. The molecule has 0 bridgehead atoms. The van der Waals surface area contributed by atoms with Crippen molar-refractivity contribution in [2.45, 2.75) is 19.5 Å². The van der Waals surface area contributed by atoms with E-state index in [1.807, 2.05) is 30.3 Å². The molecule has 0 radical (unpaired) electrons. The van der Waals surface area contributed by atoms with Gasteiger partial charge in [-0.2, -0.15) is 0 Å². The molecule has 0 saturated carbocycles. The molecule has 0 heterocycles. The topological polar surface area (TPSA) is 29.3 Å². The monoisotopic (exact) mass is 358 g/mol. The summed E-state index contributed by atoms with van der Waals surface area (Å²) in [6.45, 7) is 2.74. The zero-order chi connectivity index (χ0) is 18.7. The molecule has 3 rings (SSSR count). The molecule has 0 atom stereocenters. The molecule has 3 nitrogen and oxygen atoms in total. The smallest absolute Gasteiger partial charge is 0.165 e. The highest BCUT2D eigenvalue weighted by Gasteiger charge is 2.08. The van der Waals surface area contributed by atoms with E-state index in [-0.39, 0.29) is 0 Å². The molecule has 138 valence electrons. The quantitative estimate of drug-likeness (QED) is 0.244. The first-order valence-electron chi connectivity index (χ1n) is 9.41. The summed E-state index contributed by atoms with van der Waals surface area (Å²) in [6, 6.07) is 30.9. The summed E-state index contributed by atoms with van der Waals surface area (Å²) in [7, 11) is 0. The average molecular weight is 358 g/mol. The highest BCUT2D eigenvalue weighted by Crippen LogP contribution is 2.09. The van der Waals surface area contributed by atoms with Crippen LogP contribution in [0.4, 0.5) is 0 Å². The van der Waals surface area contributed by atoms with Gasteiger partial charge in [-0.05, 0) is 16.7 Å². The standard InChI is InChI=1S/C24H26N2O/c27-26(17-16-22-10-4-1-5-11-22)19-18-25(20-23-12-6-2-7-13-23)21-24-14-8-3-9-15-24/h1-15,19H,16-18,20-21H2/b26-19-. The normalized spacial score (nSPS) is 11.7. The molecule has 0 aliphatic heterocycles. The third-order valence-electron chi connectivity index (χ3n) is 4.51. The van der Waals surface area contributed by atoms with Crippen LogP contribution >= 0.6 is 0 Å². The first kappa shape index (κ1) is 18.9. The second kappa shape index (κ2) is 10.3. The fraction of sp³-hybridized carbons (Fsp3) is 0.208. The van der Waals surface area contributed by atoms with Crippen LogP contribution in [0.3, 0.4) is 0 Å². The second-order valence-electron chi connectivity index (χ2n) is 6.70.